The van der Waals surface area contributed by atoms with Crippen LogP contribution in [0.15, 0.2) is 6.33 Å². The van der Waals surface area contributed by atoms with E-state index in [9.17, 15) is 0 Å². The number of halogens is 1. The molecule has 0 unspecified atom stereocenters. The summed E-state index contributed by atoms with van der Waals surface area (Å²) < 4.78 is 0. The Bertz CT molecular complexity index is 402. The van der Waals surface area contributed by atoms with Crippen molar-refractivity contribution in [2.24, 2.45) is 0 Å². The van der Waals surface area contributed by atoms with Crippen LogP contribution in [0.25, 0.3) is 0 Å². The van der Waals surface area contributed by atoms with Gasteiger partial charge in [-0.15, -0.1) is 0 Å². The van der Waals surface area contributed by atoms with Crippen LogP contribution >= 0.6 is 11.6 Å². The first kappa shape index (κ1) is 13.5. The number of hydrogen-bond acceptors (Lipinski definition) is 5. The van der Waals surface area contributed by atoms with Crippen molar-refractivity contribution in [3.8, 4) is 0 Å². The molecule has 0 saturated carbocycles. The zero-order valence-corrected chi connectivity index (χ0v) is 11.4. The molecule has 0 radical (unpaired) electrons. The fourth-order valence-corrected chi connectivity index (χ4v) is 2.41. The minimum atomic E-state index is 0.221. The monoisotopic (exact) mass is 270 g/mol. The first-order chi connectivity index (χ1) is 8.72. The number of rotatable bonds is 3. The van der Waals surface area contributed by atoms with Crippen LogP contribution < -0.4 is 4.90 Å². The molecule has 1 aliphatic heterocycles. The van der Waals surface area contributed by atoms with E-state index < -0.39 is 0 Å². The fourth-order valence-electron chi connectivity index (χ4n) is 2.29. The Morgan fingerprint density at radius 3 is 2.89 bits per heavy atom. The fraction of sp³-hybridized carbons (Fsp3) is 0.667. The van der Waals surface area contributed by atoms with E-state index in [4.69, 9.17) is 16.7 Å². The van der Waals surface area contributed by atoms with Gasteiger partial charge in [0, 0.05) is 31.7 Å². The van der Waals surface area contributed by atoms with E-state index in [1.54, 1.807) is 0 Å². The van der Waals surface area contributed by atoms with Crippen LogP contribution in [0.3, 0.4) is 0 Å². The minimum Gasteiger partial charge on any atom is -0.395 e. The average molecular weight is 271 g/mol. The van der Waals surface area contributed by atoms with Crippen molar-refractivity contribution in [1.29, 1.82) is 0 Å². The summed E-state index contributed by atoms with van der Waals surface area (Å²) in [6.45, 7) is 6.77. The number of hydrogen-bond donors (Lipinski definition) is 1. The molecule has 1 fully saturated rings. The second-order valence-electron chi connectivity index (χ2n) is 4.52. The summed E-state index contributed by atoms with van der Waals surface area (Å²) >= 11 is 6.03. The predicted molar refractivity (Wildman–Crippen MR) is 72.1 cm³/mol. The molecule has 0 aromatic carbocycles. The van der Waals surface area contributed by atoms with Crippen molar-refractivity contribution < 1.29 is 5.11 Å². The first-order valence-corrected chi connectivity index (χ1v) is 6.65. The average Bonchev–Trinajstić information content (AvgIpc) is 2.59. The van der Waals surface area contributed by atoms with Gasteiger partial charge in [0.25, 0.3) is 0 Å². The highest BCUT2D eigenvalue weighted by atomic mass is 35.5. The van der Waals surface area contributed by atoms with Crippen LogP contribution in [0.2, 0.25) is 5.15 Å². The molecule has 5 nitrogen and oxygen atoms in total. The molecule has 1 aromatic rings. The van der Waals surface area contributed by atoms with Gasteiger partial charge in [-0.3, -0.25) is 4.90 Å². The lowest BCUT2D eigenvalue weighted by Gasteiger charge is -2.23. The van der Waals surface area contributed by atoms with Crippen LogP contribution in [-0.2, 0) is 0 Å². The quantitative estimate of drug-likeness (QED) is 0.829. The third-order valence-corrected chi connectivity index (χ3v) is 3.68. The van der Waals surface area contributed by atoms with E-state index in [0.717, 1.165) is 50.5 Å². The third kappa shape index (κ3) is 3.10. The molecule has 0 bridgehead atoms. The summed E-state index contributed by atoms with van der Waals surface area (Å²) in [5, 5.41) is 9.50. The van der Waals surface area contributed by atoms with Crippen molar-refractivity contribution in [3.63, 3.8) is 0 Å². The van der Waals surface area contributed by atoms with E-state index in [2.05, 4.69) is 19.8 Å². The van der Waals surface area contributed by atoms with Crippen LogP contribution in [0.5, 0.6) is 0 Å². The minimum absolute atomic E-state index is 0.221. The van der Waals surface area contributed by atoms with Crippen molar-refractivity contribution in [2.45, 2.75) is 13.3 Å². The van der Waals surface area contributed by atoms with Gasteiger partial charge in [0.05, 0.1) is 6.61 Å². The molecule has 1 aliphatic rings. The van der Waals surface area contributed by atoms with Crippen LogP contribution in [-0.4, -0.2) is 59.3 Å². The standard InChI is InChI=1S/C12H19ClN4O/c1-10-11(13)14-9-15-12(10)17-4-2-3-16(5-6-17)7-8-18/h9,18H,2-8H2,1H3. The molecule has 1 N–H and O–H groups in total. The van der Waals surface area contributed by atoms with Gasteiger partial charge in [-0.25, -0.2) is 9.97 Å². The van der Waals surface area contributed by atoms with E-state index in [0.29, 0.717) is 5.15 Å². The Kier molecular flexibility index (Phi) is 4.74. The van der Waals surface area contributed by atoms with Crippen LogP contribution in [0, 0.1) is 6.92 Å². The van der Waals surface area contributed by atoms with Crippen molar-refractivity contribution in [1.82, 2.24) is 14.9 Å². The summed E-state index contributed by atoms with van der Waals surface area (Å²) in [6, 6.07) is 0. The molecule has 0 atom stereocenters. The number of β-amino-alcohol motifs (C(OH)–C–C–N with tert-alkyl or cyclic N) is 1. The Labute approximate surface area is 112 Å². The molecule has 0 aliphatic carbocycles. The highest BCUT2D eigenvalue weighted by Gasteiger charge is 2.18. The predicted octanol–water partition coefficient (Wildman–Crippen LogP) is 0.943. The lowest BCUT2D eigenvalue weighted by Crippen LogP contribution is -2.33. The maximum Gasteiger partial charge on any atom is 0.137 e. The molecular formula is C12H19ClN4O. The van der Waals surface area contributed by atoms with Crippen molar-refractivity contribution in [2.75, 3.05) is 44.2 Å². The summed E-state index contributed by atoms with van der Waals surface area (Å²) in [6.07, 6.45) is 2.59. The normalized spacial score (nSPS) is 17.8. The van der Waals surface area contributed by atoms with Gasteiger partial charge in [-0.1, -0.05) is 11.6 Å². The zero-order chi connectivity index (χ0) is 13.0. The number of aliphatic hydroxyl groups excluding tert-OH is 1. The van der Waals surface area contributed by atoms with Gasteiger partial charge >= 0.3 is 0 Å². The Hall–Kier alpha value is -0.910. The van der Waals surface area contributed by atoms with E-state index in [1.165, 1.54) is 6.33 Å². The van der Waals surface area contributed by atoms with Crippen molar-refractivity contribution >= 4 is 17.4 Å². The maximum absolute atomic E-state index is 8.98. The smallest absolute Gasteiger partial charge is 0.137 e. The Morgan fingerprint density at radius 2 is 2.11 bits per heavy atom. The highest BCUT2D eigenvalue weighted by Crippen LogP contribution is 2.22. The summed E-state index contributed by atoms with van der Waals surface area (Å²) in [7, 11) is 0. The highest BCUT2D eigenvalue weighted by molar-refractivity contribution is 6.30. The van der Waals surface area contributed by atoms with Crippen molar-refractivity contribution in [3.05, 3.63) is 17.0 Å². The molecule has 1 aromatic heterocycles. The number of anilines is 1. The van der Waals surface area contributed by atoms with E-state index >= 15 is 0 Å². The van der Waals surface area contributed by atoms with E-state index in [1.807, 2.05) is 6.92 Å². The molecule has 100 valence electrons. The number of aromatic nitrogens is 2. The summed E-state index contributed by atoms with van der Waals surface area (Å²) in [5.41, 5.74) is 0.940. The van der Waals surface area contributed by atoms with Gasteiger partial charge in [-0.05, 0) is 19.9 Å². The molecule has 0 amide bonds. The molecule has 0 spiro atoms. The van der Waals surface area contributed by atoms with Gasteiger partial charge in [0.15, 0.2) is 0 Å². The van der Waals surface area contributed by atoms with Crippen LogP contribution in [0.1, 0.15) is 12.0 Å². The molecule has 18 heavy (non-hydrogen) atoms. The molecule has 6 heteroatoms. The Morgan fingerprint density at radius 1 is 1.28 bits per heavy atom. The van der Waals surface area contributed by atoms with Gasteiger partial charge in [-0.2, -0.15) is 0 Å². The van der Waals surface area contributed by atoms with E-state index in [-0.39, 0.29) is 6.61 Å². The van der Waals surface area contributed by atoms with Gasteiger partial charge in [0.2, 0.25) is 0 Å². The number of aliphatic hydroxyl groups is 1. The largest absolute Gasteiger partial charge is 0.395 e. The second kappa shape index (κ2) is 6.31. The SMILES string of the molecule is Cc1c(Cl)ncnc1N1CCCN(CCO)CC1. The molecule has 1 saturated heterocycles. The number of nitrogens with zero attached hydrogens (tertiary/aromatic N) is 4. The molecule has 2 heterocycles. The Balaban J connectivity index is 2.07. The lowest BCUT2D eigenvalue weighted by atomic mass is 10.3. The third-order valence-electron chi connectivity index (χ3n) is 3.30. The van der Waals surface area contributed by atoms with Gasteiger partial charge < -0.3 is 10.0 Å². The maximum atomic E-state index is 8.98. The summed E-state index contributed by atoms with van der Waals surface area (Å²) in [5.74, 6) is 0.931. The zero-order valence-electron chi connectivity index (χ0n) is 10.6. The topological polar surface area (TPSA) is 52.5 Å². The van der Waals surface area contributed by atoms with Crippen LogP contribution in [0.4, 0.5) is 5.82 Å². The molecule has 2 rings (SSSR count). The molecular weight excluding hydrogens is 252 g/mol. The first-order valence-electron chi connectivity index (χ1n) is 6.27. The second-order valence-corrected chi connectivity index (χ2v) is 4.88. The van der Waals surface area contributed by atoms with Gasteiger partial charge in [0.1, 0.15) is 17.3 Å². The summed E-state index contributed by atoms with van der Waals surface area (Å²) in [4.78, 5) is 12.9. The lowest BCUT2D eigenvalue weighted by molar-refractivity contribution is 0.204.